The fourth-order valence-electron chi connectivity index (χ4n) is 5.52. The first-order valence-corrected chi connectivity index (χ1v) is 11.0. The van der Waals surface area contributed by atoms with Gasteiger partial charge in [0.2, 0.25) is 17.7 Å². The van der Waals surface area contributed by atoms with Gasteiger partial charge in [0.15, 0.2) is 0 Å². The van der Waals surface area contributed by atoms with Crippen LogP contribution in [0.3, 0.4) is 0 Å². The molecule has 0 saturated carbocycles. The van der Waals surface area contributed by atoms with Crippen LogP contribution < -0.4 is 10.6 Å². The van der Waals surface area contributed by atoms with E-state index < -0.39 is 29.0 Å². The van der Waals surface area contributed by atoms with Crippen LogP contribution in [0.2, 0.25) is 5.02 Å². The molecule has 0 bridgehead atoms. The molecule has 166 valence electrons. The van der Waals surface area contributed by atoms with Crippen LogP contribution in [0, 0.1) is 11.8 Å². The summed E-state index contributed by atoms with van der Waals surface area (Å²) in [5.74, 6) is -2.43. The van der Waals surface area contributed by atoms with Gasteiger partial charge in [-0.1, -0.05) is 35.9 Å². The standard InChI is InChI=1S/C24H24ClN3O4/c1-23(2,3)28-20(30)17-16(11-12-7-9-13(29)10-8-12)27-24(18(17)21(28)31)14-5-4-6-15(25)19(14)26-22(24)32/h4-10,16-18,27,29H,11H2,1-3H3,(H,26,32)/t16-,17+,18-,24+/m0/s1. The van der Waals surface area contributed by atoms with Crippen LogP contribution in [0.25, 0.3) is 0 Å². The van der Waals surface area contributed by atoms with Crippen LogP contribution in [0.5, 0.6) is 5.75 Å². The van der Waals surface area contributed by atoms with Crippen LogP contribution in [-0.2, 0) is 26.3 Å². The fraction of sp³-hybridized carbons (Fsp3) is 0.375. The number of hydrogen-bond acceptors (Lipinski definition) is 5. The number of anilines is 1. The number of para-hydroxylation sites is 1. The van der Waals surface area contributed by atoms with Gasteiger partial charge in [0.25, 0.3) is 0 Å². The molecule has 3 aliphatic rings. The Bertz CT molecular complexity index is 1160. The molecule has 2 fully saturated rings. The second-order valence-electron chi connectivity index (χ2n) is 9.73. The minimum absolute atomic E-state index is 0.146. The Labute approximate surface area is 190 Å². The van der Waals surface area contributed by atoms with E-state index in [4.69, 9.17) is 11.6 Å². The smallest absolute Gasteiger partial charge is 0.250 e. The molecule has 3 heterocycles. The molecule has 3 aliphatic heterocycles. The highest BCUT2D eigenvalue weighted by Crippen LogP contribution is 2.55. The van der Waals surface area contributed by atoms with E-state index in [0.29, 0.717) is 22.7 Å². The highest BCUT2D eigenvalue weighted by Gasteiger charge is 2.71. The molecular weight excluding hydrogens is 430 g/mol. The predicted octanol–water partition coefficient (Wildman–Crippen LogP) is 2.81. The van der Waals surface area contributed by atoms with E-state index in [9.17, 15) is 19.5 Å². The van der Waals surface area contributed by atoms with Crippen molar-refractivity contribution in [2.24, 2.45) is 11.8 Å². The lowest BCUT2D eigenvalue weighted by Crippen LogP contribution is -2.56. The maximum absolute atomic E-state index is 13.7. The number of nitrogens with zero attached hydrogens (tertiary/aromatic N) is 1. The zero-order valence-electron chi connectivity index (χ0n) is 18.0. The normalized spacial score (nSPS) is 28.9. The Kier molecular flexibility index (Phi) is 4.45. The zero-order chi connectivity index (χ0) is 23.0. The first kappa shape index (κ1) is 21.0. The Morgan fingerprint density at radius 2 is 1.75 bits per heavy atom. The minimum atomic E-state index is -1.38. The van der Waals surface area contributed by atoms with Crippen LogP contribution >= 0.6 is 11.6 Å². The van der Waals surface area contributed by atoms with Crippen LogP contribution in [-0.4, -0.2) is 39.3 Å². The van der Waals surface area contributed by atoms with Gasteiger partial charge in [-0.3, -0.25) is 24.6 Å². The van der Waals surface area contributed by atoms with E-state index in [2.05, 4.69) is 10.6 Å². The number of carbonyl (C=O) groups excluding carboxylic acids is 3. The molecule has 0 radical (unpaired) electrons. The fourth-order valence-corrected chi connectivity index (χ4v) is 5.74. The third kappa shape index (κ3) is 2.74. The molecule has 3 N–H and O–H groups in total. The van der Waals surface area contributed by atoms with Crippen molar-refractivity contribution < 1.29 is 19.5 Å². The molecule has 0 unspecified atom stereocenters. The summed E-state index contributed by atoms with van der Waals surface area (Å²) in [6.07, 6.45) is 0.420. The molecule has 8 heteroatoms. The second kappa shape index (κ2) is 6.80. The van der Waals surface area contributed by atoms with Crippen LogP contribution in [0.4, 0.5) is 5.69 Å². The van der Waals surface area contributed by atoms with Gasteiger partial charge in [0, 0.05) is 17.1 Å². The van der Waals surface area contributed by atoms with Crippen LogP contribution in [0.15, 0.2) is 42.5 Å². The molecule has 2 aromatic rings. The molecule has 32 heavy (non-hydrogen) atoms. The summed E-state index contributed by atoms with van der Waals surface area (Å²) in [4.78, 5) is 42.1. The van der Waals surface area contributed by atoms with Crippen molar-refractivity contribution in [3.8, 4) is 5.75 Å². The van der Waals surface area contributed by atoms with Crippen molar-refractivity contribution in [2.45, 2.75) is 44.3 Å². The topological polar surface area (TPSA) is 98.7 Å². The summed E-state index contributed by atoms with van der Waals surface area (Å²) < 4.78 is 0. The number of halogens is 1. The number of benzene rings is 2. The quantitative estimate of drug-likeness (QED) is 0.607. The SMILES string of the molecule is CC(C)(C)N1C(=O)[C@@H]2[C@H](Cc3ccc(O)cc3)N[C@@]3(C(=O)Nc4c(Cl)cccc43)[C@@H]2C1=O. The number of fused-ring (bicyclic) bond motifs is 4. The zero-order valence-corrected chi connectivity index (χ0v) is 18.7. The van der Waals surface area contributed by atoms with Crippen molar-refractivity contribution in [3.63, 3.8) is 0 Å². The highest BCUT2D eigenvalue weighted by atomic mass is 35.5. The number of imide groups is 1. The molecule has 4 atom stereocenters. The molecular formula is C24H24ClN3O4. The number of nitrogens with one attached hydrogen (secondary N) is 2. The first-order valence-electron chi connectivity index (χ1n) is 10.6. The van der Waals surface area contributed by atoms with Gasteiger partial charge in [-0.25, -0.2) is 0 Å². The molecule has 1 spiro atoms. The van der Waals surface area contributed by atoms with E-state index in [-0.39, 0.29) is 23.5 Å². The number of aromatic hydroxyl groups is 1. The van der Waals surface area contributed by atoms with Crippen molar-refractivity contribution in [3.05, 3.63) is 58.6 Å². The van der Waals surface area contributed by atoms with E-state index in [1.807, 2.05) is 20.8 Å². The van der Waals surface area contributed by atoms with Crippen molar-refractivity contribution >= 4 is 35.0 Å². The Hall–Kier alpha value is -2.90. The molecule has 0 aliphatic carbocycles. The van der Waals surface area contributed by atoms with Gasteiger partial charge in [-0.05, 0) is 51.0 Å². The van der Waals surface area contributed by atoms with E-state index in [1.165, 1.54) is 4.90 Å². The van der Waals surface area contributed by atoms with Crippen LogP contribution in [0.1, 0.15) is 31.9 Å². The summed E-state index contributed by atoms with van der Waals surface area (Å²) in [5, 5.41) is 16.2. The van der Waals surface area contributed by atoms with Gasteiger partial charge < -0.3 is 10.4 Å². The number of hydrogen-bond donors (Lipinski definition) is 3. The Morgan fingerprint density at radius 3 is 2.41 bits per heavy atom. The van der Waals surface area contributed by atoms with Gasteiger partial charge in [0.1, 0.15) is 11.3 Å². The molecule has 5 rings (SSSR count). The molecule has 3 amide bonds. The third-order valence-electron chi connectivity index (χ3n) is 6.76. The van der Waals surface area contributed by atoms with E-state index in [0.717, 1.165) is 5.56 Å². The summed E-state index contributed by atoms with van der Waals surface area (Å²) in [6, 6.07) is 11.5. The van der Waals surface area contributed by atoms with Gasteiger partial charge in [-0.15, -0.1) is 0 Å². The summed E-state index contributed by atoms with van der Waals surface area (Å²) in [6.45, 7) is 5.45. The first-order chi connectivity index (χ1) is 15.1. The molecule has 2 saturated heterocycles. The van der Waals surface area contributed by atoms with Gasteiger partial charge in [-0.2, -0.15) is 0 Å². The average Bonchev–Trinajstić information content (AvgIpc) is 3.29. The number of likely N-dealkylation sites (tertiary alicyclic amines) is 1. The maximum atomic E-state index is 13.7. The number of carbonyl (C=O) groups is 3. The summed E-state index contributed by atoms with van der Waals surface area (Å²) in [7, 11) is 0. The Balaban J connectivity index is 1.66. The molecule has 0 aromatic heterocycles. The van der Waals surface area contributed by atoms with Crippen molar-refractivity contribution in [1.29, 1.82) is 0 Å². The Morgan fingerprint density at radius 1 is 1.06 bits per heavy atom. The lowest BCUT2D eigenvalue weighted by atomic mass is 9.76. The maximum Gasteiger partial charge on any atom is 0.250 e. The third-order valence-corrected chi connectivity index (χ3v) is 7.08. The van der Waals surface area contributed by atoms with Gasteiger partial charge in [0.05, 0.1) is 22.5 Å². The van der Waals surface area contributed by atoms with Crippen molar-refractivity contribution in [2.75, 3.05) is 5.32 Å². The molecule has 2 aromatic carbocycles. The minimum Gasteiger partial charge on any atom is -0.508 e. The van der Waals surface area contributed by atoms with Gasteiger partial charge >= 0.3 is 0 Å². The summed E-state index contributed by atoms with van der Waals surface area (Å²) in [5.41, 5.74) is -0.135. The number of phenolic OH excluding ortho intramolecular Hbond substituents is 1. The summed E-state index contributed by atoms with van der Waals surface area (Å²) >= 11 is 6.36. The number of amides is 3. The number of rotatable bonds is 2. The van der Waals surface area contributed by atoms with E-state index in [1.54, 1.807) is 42.5 Å². The average molecular weight is 454 g/mol. The van der Waals surface area contributed by atoms with E-state index >= 15 is 0 Å². The van der Waals surface area contributed by atoms with Crippen molar-refractivity contribution in [1.82, 2.24) is 10.2 Å². The lowest BCUT2D eigenvalue weighted by Gasteiger charge is -2.34. The monoisotopic (exact) mass is 453 g/mol. The lowest BCUT2D eigenvalue weighted by molar-refractivity contribution is -0.147. The predicted molar refractivity (Wildman–Crippen MR) is 119 cm³/mol. The largest absolute Gasteiger partial charge is 0.508 e. The highest BCUT2D eigenvalue weighted by molar-refractivity contribution is 6.35. The second-order valence-corrected chi connectivity index (χ2v) is 10.1. The molecule has 7 nitrogen and oxygen atoms in total. The number of phenols is 1.